The predicted molar refractivity (Wildman–Crippen MR) is 237 cm³/mol. The Morgan fingerprint density at radius 2 is 0.467 bits per heavy atom. The molecular formula is C48H44Cl4N4O4. The van der Waals surface area contributed by atoms with Gasteiger partial charge in [-0.1, -0.05) is 94.9 Å². The Morgan fingerprint density at radius 1 is 0.283 bits per heavy atom. The van der Waals surface area contributed by atoms with Crippen molar-refractivity contribution in [2.75, 3.05) is 0 Å². The summed E-state index contributed by atoms with van der Waals surface area (Å²) in [5.41, 5.74) is 9.21. The average molecular weight is 883 g/mol. The lowest BCUT2D eigenvalue weighted by Gasteiger charge is -2.30. The number of hydrogen-bond acceptors (Lipinski definition) is 8. The standard InChI is InChI=1S/C48H44Cl4N4O4/c49-41-9-33-21-53-17-29-3-1-4-30(7-29)18-54-23-35-11-43(51)15-39(47(35)59)27-55(25-37(13-41)45(33)57)19-31-5-2-6-32(8-31)20-56(26-38-14-42(50)10-34(22-53)46(38)58)28-40-16-44(52)12-36(24-54)48(40)60/h1-16,57-60H,17-28H2. The van der Waals surface area contributed by atoms with E-state index in [1.165, 1.54) is 0 Å². The van der Waals surface area contributed by atoms with Crippen molar-refractivity contribution < 1.29 is 20.4 Å². The van der Waals surface area contributed by atoms with E-state index in [1.54, 1.807) is 48.5 Å². The lowest BCUT2D eigenvalue weighted by atomic mass is 10.0. The molecule has 0 fully saturated rings. The van der Waals surface area contributed by atoms with E-state index in [1.807, 2.05) is 12.1 Å². The van der Waals surface area contributed by atoms with Gasteiger partial charge < -0.3 is 20.4 Å². The van der Waals surface area contributed by atoms with Gasteiger partial charge in [0, 0.05) is 143 Å². The van der Waals surface area contributed by atoms with Gasteiger partial charge in [-0.15, -0.1) is 0 Å². The number of aromatic hydroxyl groups is 4. The second-order valence-electron chi connectivity index (χ2n) is 16.5. The molecule has 4 aliphatic heterocycles. The number of phenolic OH excluding ortho intramolecular Hbond substituents is 4. The molecule has 60 heavy (non-hydrogen) atoms. The van der Waals surface area contributed by atoms with Crippen LogP contribution in [0, 0.1) is 0 Å². The van der Waals surface area contributed by atoms with Gasteiger partial charge in [-0.05, 0) is 70.8 Å². The van der Waals surface area contributed by atoms with E-state index in [4.69, 9.17) is 46.4 Å². The predicted octanol–water partition coefficient (Wildman–Crippen LogP) is 10.9. The summed E-state index contributed by atoms with van der Waals surface area (Å²) in [6.07, 6.45) is 0. The zero-order chi connectivity index (χ0) is 41.7. The Bertz CT molecular complexity index is 2160. The number of rotatable bonds is 0. The molecule has 0 amide bonds. The van der Waals surface area contributed by atoms with Crippen LogP contribution < -0.4 is 0 Å². The minimum absolute atomic E-state index is 0.137. The van der Waals surface area contributed by atoms with Gasteiger partial charge in [0.25, 0.3) is 0 Å². The number of hydrogen-bond donors (Lipinski definition) is 4. The molecule has 4 N–H and O–H groups in total. The first-order valence-electron chi connectivity index (χ1n) is 19.9. The molecule has 4 aliphatic rings. The van der Waals surface area contributed by atoms with E-state index < -0.39 is 0 Å². The minimum atomic E-state index is 0.137. The minimum Gasteiger partial charge on any atom is -0.507 e. The first-order valence-corrected chi connectivity index (χ1v) is 21.5. The van der Waals surface area contributed by atoms with Crippen LogP contribution in [-0.4, -0.2) is 40.0 Å². The summed E-state index contributed by atoms with van der Waals surface area (Å²) in [6, 6.07) is 31.0. The Kier molecular flexibility index (Phi) is 11.7. The van der Waals surface area contributed by atoms with E-state index in [2.05, 4.69) is 56.0 Å². The van der Waals surface area contributed by atoms with Gasteiger partial charge in [-0.3, -0.25) is 19.6 Å². The van der Waals surface area contributed by atoms with Crippen LogP contribution in [0.3, 0.4) is 0 Å². The van der Waals surface area contributed by atoms with Crippen molar-refractivity contribution in [1.29, 1.82) is 0 Å². The van der Waals surface area contributed by atoms with Crippen molar-refractivity contribution in [3.63, 3.8) is 0 Å². The van der Waals surface area contributed by atoms with E-state index in [-0.39, 0.29) is 23.0 Å². The van der Waals surface area contributed by atoms with E-state index in [0.29, 0.717) is 143 Å². The summed E-state index contributed by atoms with van der Waals surface area (Å²) in [5.74, 6) is 0.550. The summed E-state index contributed by atoms with van der Waals surface area (Å²) < 4.78 is 0. The van der Waals surface area contributed by atoms with Crippen LogP contribution in [0.25, 0.3) is 0 Å². The van der Waals surface area contributed by atoms with Gasteiger partial charge in [0.2, 0.25) is 0 Å². The van der Waals surface area contributed by atoms with Crippen molar-refractivity contribution in [1.82, 2.24) is 19.6 Å². The fourth-order valence-corrected chi connectivity index (χ4v) is 10.2. The van der Waals surface area contributed by atoms with Gasteiger partial charge in [-0.25, -0.2) is 0 Å². The molecule has 0 radical (unpaired) electrons. The van der Waals surface area contributed by atoms with Crippen molar-refractivity contribution >= 4 is 46.4 Å². The van der Waals surface area contributed by atoms with Gasteiger partial charge >= 0.3 is 0 Å². The van der Waals surface area contributed by atoms with Crippen molar-refractivity contribution in [3.8, 4) is 23.0 Å². The third-order valence-electron chi connectivity index (χ3n) is 11.7. The fourth-order valence-electron chi connectivity index (χ4n) is 9.12. The van der Waals surface area contributed by atoms with Gasteiger partial charge in [0.15, 0.2) is 0 Å². The number of benzene rings is 6. The quantitative estimate of drug-likeness (QED) is 0.120. The van der Waals surface area contributed by atoms with Gasteiger partial charge in [0.1, 0.15) is 23.0 Å². The molecule has 16 bridgehead atoms. The summed E-state index contributed by atoms with van der Waals surface area (Å²) in [6.45, 7) is 4.43. The highest BCUT2D eigenvalue weighted by molar-refractivity contribution is 6.31. The summed E-state index contributed by atoms with van der Waals surface area (Å²) in [5, 5.41) is 50.3. The number of phenols is 4. The lowest BCUT2D eigenvalue weighted by Crippen LogP contribution is -2.27. The average Bonchev–Trinajstić information content (AvgIpc) is 3.18. The van der Waals surface area contributed by atoms with Crippen LogP contribution in [0.15, 0.2) is 97.1 Å². The van der Waals surface area contributed by atoms with Crippen molar-refractivity contribution in [3.05, 3.63) is 184 Å². The second-order valence-corrected chi connectivity index (χ2v) is 18.3. The molecule has 12 heteroatoms. The van der Waals surface area contributed by atoms with Crippen LogP contribution in [-0.2, 0) is 78.5 Å². The first kappa shape index (κ1) is 40.9. The monoisotopic (exact) mass is 880 g/mol. The van der Waals surface area contributed by atoms with Gasteiger partial charge in [0.05, 0.1) is 0 Å². The molecule has 0 saturated heterocycles. The molecule has 0 unspecified atom stereocenters. The van der Waals surface area contributed by atoms with Crippen molar-refractivity contribution in [2.45, 2.75) is 78.5 Å². The Balaban J connectivity index is 1.32. The first-order chi connectivity index (χ1) is 28.9. The molecule has 0 atom stereocenters. The Morgan fingerprint density at radius 3 is 0.650 bits per heavy atom. The number of nitrogens with zero attached hydrogens (tertiary/aromatic N) is 4. The van der Waals surface area contributed by atoms with Crippen LogP contribution in [0.4, 0.5) is 0 Å². The highest BCUT2D eigenvalue weighted by Crippen LogP contribution is 2.38. The molecule has 6 aromatic rings. The molecule has 4 heterocycles. The van der Waals surface area contributed by atoms with E-state index >= 15 is 0 Å². The molecule has 6 aromatic carbocycles. The molecule has 8 nitrogen and oxygen atoms in total. The third kappa shape index (κ3) is 9.08. The second kappa shape index (κ2) is 17.1. The summed E-state index contributed by atoms with van der Waals surface area (Å²) in [4.78, 5) is 8.75. The van der Waals surface area contributed by atoms with Crippen LogP contribution >= 0.6 is 46.4 Å². The lowest BCUT2D eigenvalue weighted by molar-refractivity contribution is 0.223. The Labute approximate surface area is 370 Å². The summed E-state index contributed by atoms with van der Waals surface area (Å²) >= 11 is 27.5. The highest BCUT2D eigenvalue weighted by Gasteiger charge is 2.25. The zero-order valence-electron chi connectivity index (χ0n) is 32.8. The van der Waals surface area contributed by atoms with E-state index in [0.717, 1.165) is 22.3 Å². The smallest absolute Gasteiger partial charge is 0.124 e. The maximum Gasteiger partial charge on any atom is 0.124 e. The molecule has 308 valence electrons. The summed E-state index contributed by atoms with van der Waals surface area (Å²) in [7, 11) is 0. The fraction of sp³-hybridized carbons (Fsp3) is 0.250. The third-order valence-corrected chi connectivity index (χ3v) is 12.6. The topological polar surface area (TPSA) is 93.9 Å². The van der Waals surface area contributed by atoms with Gasteiger partial charge in [-0.2, -0.15) is 0 Å². The molecule has 10 rings (SSSR count). The maximum atomic E-state index is 12.1. The molecule has 0 saturated carbocycles. The maximum absolute atomic E-state index is 12.1. The Hall–Kier alpha value is -4.48. The van der Waals surface area contributed by atoms with Crippen LogP contribution in [0.2, 0.25) is 20.1 Å². The number of halogens is 4. The molecule has 0 spiro atoms. The zero-order valence-corrected chi connectivity index (χ0v) is 35.8. The normalized spacial score (nSPS) is 20.5. The molecule has 0 aromatic heterocycles. The van der Waals surface area contributed by atoms with Crippen LogP contribution in [0.1, 0.15) is 66.8 Å². The highest BCUT2D eigenvalue weighted by atomic mass is 35.5. The van der Waals surface area contributed by atoms with E-state index in [9.17, 15) is 20.4 Å². The molecule has 0 aliphatic carbocycles. The SMILES string of the molecule is Oc1c2cc(Cl)cc1CN1Cc3cccc(c3)CN3Cc4cc(Cl)cc(c4O)CN(Cc4cccc(c4)CN(Cc4cc(Cl)cc(c4O)C1)Cc1cc(Cl)cc(c1O)C3)C2. The molecular weight excluding hydrogens is 838 g/mol. The largest absolute Gasteiger partial charge is 0.507 e. The van der Waals surface area contributed by atoms with Crippen molar-refractivity contribution in [2.24, 2.45) is 0 Å². The van der Waals surface area contributed by atoms with Crippen LogP contribution in [0.5, 0.6) is 23.0 Å².